The predicted molar refractivity (Wildman–Crippen MR) is 70.2 cm³/mol. The predicted octanol–water partition coefficient (Wildman–Crippen LogP) is 1.46. The van der Waals surface area contributed by atoms with E-state index >= 15 is 0 Å². The number of ketones is 1. The van der Waals surface area contributed by atoms with Crippen molar-refractivity contribution in [2.45, 2.75) is 32.2 Å². The summed E-state index contributed by atoms with van der Waals surface area (Å²) in [6.07, 6.45) is 0.522. The minimum atomic E-state index is -1.08. The van der Waals surface area contributed by atoms with Gasteiger partial charge in [0, 0.05) is 23.0 Å². The summed E-state index contributed by atoms with van der Waals surface area (Å²) >= 11 is 3.33. The van der Waals surface area contributed by atoms with E-state index in [1.54, 1.807) is 6.07 Å². The first-order valence-corrected chi connectivity index (χ1v) is 6.31. The van der Waals surface area contributed by atoms with Gasteiger partial charge in [-0.15, -0.1) is 0 Å². The van der Waals surface area contributed by atoms with Crippen molar-refractivity contribution in [3.05, 3.63) is 28.0 Å². The molecular formula is C12H15BrN2O3. The Morgan fingerprint density at radius 3 is 2.72 bits per heavy atom. The number of halogens is 1. The summed E-state index contributed by atoms with van der Waals surface area (Å²) in [5.74, 6) is -1.14. The number of nitrogens with zero attached hydrogens (tertiary/aromatic N) is 1. The number of aromatic nitrogens is 1. The van der Waals surface area contributed by atoms with E-state index in [4.69, 9.17) is 10.8 Å². The third kappa shape index (κ3) is 4.54. The van der Waals surface area contributed by atoms with E-state index in [-0.39, 0.29) is 25.0 Å². The maximum Gasteiger partial charge on any atom is 0.320 e. The highest BCUT2D eigenvalue weighted by molar-refractivity contribution is 9.10. The molecule has 0 saturated heterocycles. The van der Waals surface area contributed by atoms with Gasteiger partial charge in [0.25, 0.3) is 0 Å². The van der Waals surface area contributed by atoms with Gasteiger partial charge in [-0.2, -0.15) is 0 Å². The van der Waals surface area contributed by atoms with Crippen LogP contribution in [0, 0.1) is 6.92 Å². The van der Waals surface area contributed by atoms with Gasteiger partial charge < -0.3 is 10.8 Å². The lowest BCUT2D eigenvalue weighted by Crippen LogP contribution is -2.30. The Bertz CT molecular complexity index is 463. The highest BCUT2D eigenvalue weighted by Gasteiger charge is 2.14. The fourth-order valence-electron chi connectivity index (χ4n) is 1.42. The molecule has 0 spiro atoms. The summed E-state index contributed by atoms with van der Waals surface area (Å²) in [6, 6.07) is 2.63. The molecule has 0 radical (unpaired) electrons. The Kier molecular flexibility index (Phi) is 5.43. The van der Waals surface area contributed by atoms with E-state index in [0.717, 1.165) is 10.2 Å². The molecule has 1 aromatic rings. The van der Waals surface area contributed by atoms with Gasteiger partial charge in [-0.3, -0.25) is 14.6 Å². The molecular weight excluding hydrogens is 300 g/mol. The number of carbonyl (C=O) groups is 2. The summed E-state index contributed by atoms with van der Waals surface area (Å²) in [6.45, 7) is 1.85. The molecule has 18 heavy (non-hydrogen) atoms. The molecule has 1 rings (SSSR count). The van der Waals surface area contributed by atoms with E-state index in [1.807, 2.05) is 13.0 Å². The largest absolute Gasteiger partial charge is 0.480 e. The van der Waals surface area contributed by atoms with E-state index in [9.17, 15) is 9.59 Å². The van der Waals surface area contributed by atoms with Crippen LogP contribution >= 0.6 is 15.9 Å². The Labute approximate surface area is 114 Å². The first-order chi connectivity index (χ1) is 8.40. The molecule has 0 aliphatic carbocycles. The molecule has 0 aliphatic heterocycles. The lowest BCUT2D eigenvalue weighted by Gasteiger charge is -2.06. The molecule has 1 atom stereocenters. The van der Waals surface area contributed by atoms with Crippen LogP contribution < -0.4 is 5.73 Å². The van der Waals surface area contributed by atoms with Crippen molar-refractivity contribution in [1.29, 1.82) is 0 Å². The Hall–Kier alpha value is -1.27. The zero-order valence-corrected chi connectivity index (χ0v) is 11.6. The molecule has 0 fully saturated rings. The summed E-state index contributed by atoms with van der Waals surface area (Å²) in [4.78, 5) is 26.4. The van der Waals surface area contributed by atoms with E-state index < -0.39 is 12.0 Å². The van der Waals surface area contributed by atoms with Crippen molar-refractivity contribution in [3.8, 4) is 0 Å². The fraction of sp³-hybridized carbons (Fsp3) is 0.417. The second-order valence-corrected chi connectivity index (χ2v) is 4.92. The monoisotopic (exact) mass is 314 g/mol. The Morgan fingerprint density at radius 2 is 2.17 bits per heavy atom. The molecule has 1 heterocycles. The van der Waals surface area contributed by atoms with Crippen molar-refractivity contribution < 1.29 is 14.7 Å². The quantitative estimate of drug-likeness (QED) is 0.829. The number of hydrogen-bond donors (Lipinski definition) is 2. The maximum atomic E-state index is 11.6. The van der Waals surface area contributed by atoms with E-state index in [1.165, 1.54) is 0 Å². The zero-order valence-electron chi connectivity index (χ0n) is 10.0. The molecule has 5 nitrogen and oxygen atoms in total. The molecule has 98 valence electrons. The van der Waals surface area contributed by atoms with Gasteiger partial charge >= 0.3 is 5.97 Å². The maximum absolute atomic E-state index is 11.6. The highest BCUT2D eigenvalue weighted by atomic mass is 79.9. The van der Waals surface area contributed by atoms with Crippen molar-refractivity contribution in [3.63, 3.8) is 0 Å². The van der Waals surface area contributed by atoms with Gasteiger partial charge in [0.05, 0.1) is 5.69 Å². The van der Waals surface area contributed by atoms with Crippen molar-refractivity contribution in [2.24, 2.45) is 5.73 Å². The van der Waals surface area contributed by atoms with Crippen LogP contribution in [0.2, 0.25) is 0 Å². The molecule has 1 aromatic heterocycles. The number of carboxylic acid groups (broad SMARTS) is 1. The Morgan fingerprint density at radius 1 is 1.50 bits per heavy atom. The Balaban J connectivity index is 2.49. The van der Waals surface area contributed by atoms with Crippen LogP contribution in [-0.4, -0.2) is 27.9 Å². The molecule has 6 heteroatoms. The standard InChI is InChI=1S/C12H15BrN2O3/c1-7-10(13)4-2-8(15-7)6-9(16)3-5-11(14)12(17)18/h2,4,11H,3,5-6,14H2,1H3,(H,17,18)/t11-/m0/s1. The van der Waals surface area contributed by atoms with Gasteiger partial charge in [0.2, 0.25) is 0 Å². The number of Topliss-reactive ketones (excluding diaryl/α,β-unsaturated/α-hetero) is 1. The second-order valence-electron chi connectivity index (χ2n) is 4.07. The molecule has 0 unspecified atom stereocenters. The van der Waals surface area contributed by atoms with Crippen molar-refractivity contribution in [1.82, 2.24) is 4.98 Å². The topological polar surface area (TPSA) is 93.3 Å². The minimum Gasteiger partial charge on any atom is -0.480 e. The van der Waals surface area contributed by atoms with Gasteiger partial charge in [0.15, 0.2) is 0 Å². The molecule has 0 aliphatic rings. The third-order valence-corrected chi connectivity index (χ3v) is 3.35. The number of nitrogens with two attached hydrogens (primary N) is 1. The van der Waals surface area contributed by atoms with Crippen LogP contribution in [0.15, 0.2) is 16.6 Å². The molecule has 3 N–H and O–H groups in total. The average molecular weight is 315 g/mol. The normalized spacial score (nSPS) is 12.2. The van der Waals surface area contributed by atoms with Crippen LogP contribution in [0.4, 0.5) is 0 Å². The summed E-state index contributed by atoms with van der Waals surface area (Å²) < 4.78 is 0.895. The van der Waals surface area contributed by atoms with Crippen LogP contribution in [0.1, 0.15) is 24.2 Å². The highest BCUT2D eigenvalue weighted by Crippen LogP contribution is 2.14. The molecule has 0 bridgehead atoms. The zero-order chi connectivity index (χ0) is 13.7. The van der Waals surface area contributed by atoms with Crippen LogP contribution in [0.5, 0.6) is 0 Å². The SMILES string of the molecule is Cc1nc(CC(=O)CC[C@H](N)C(=O)O)ccc1Br. The fourth-order valence-corrected chi connectivity index (χ4v) is 1.65. The lowest BCUT2D eigenvalue weighted by atomic mass is 10.1. The summed E-state index contributed by atoms with van der Waals surface area (Å²) in [5.41, 5.74) is 6.84. The van der Waals surface area contributed by atoms with E-state index in [0.29, 0.717) is 5.69 Å². The van der Waals surface area contributed by atoms with Gasteiger partial charge in [-0.05, 0) is 41.4 Å². The summed E-state index contributed by atoms with van der Waals surface area (Å²) in [7, 11) is 0. The smallest absolute Gasteiger partial charge is 0.320 e. The van der Waals surface area contributed by atoms with Crippen molar-refractivity contribution in [2.75, 3.05) is 0 Å². The molecule has 0 saturated carbocycles. The number of hydrogen-bond acceptors (Lipinski definition) is 4. The lowest BCUT2D eigenvalue weighted by molar-refractivity contribution is -0.138. The number of aryl methyl sites for hydroxylation is 1. The van der Waals surface area contributed by atoms with Crippen LogP contribution in [0.3, 0.4) is 0 Å². The van der Waals surface area contributed by atoms with E-state index in [2.05, 4.69) is 20.9 Å². The average Bonchev–Trinajstić information content (AvgIpc) is 2.30. The van der Waals surface area contributed by atoms with Crippen molar-refractivity contribution >= 4 is 27.7 Å². The molecule has 0 aromatic carbocycles. The van der Waals surface area contributed by atoms with Crippen LogP contribution in [0.25, 0.3) is 0 Å². The number of rotatable bonds is 6. The number of aliphatic carboxylic acids is 1. The third-order valence-electron chi connectivity index (χ3n) is 2.51. The number of carbonyl (C=O) groups excluding carboxylic acids is 1. The number of carboxylic acids is 1. The van der Waals surface area contributed by atoms with Gasteiger partial charge in [0.1, 0.15) is 11.8 Å². The minimum absolute atomic E-state index is 0.0547. The van der Waals surface area contributed by atoms with Gasteiger partial charge in [-0.1, -0.05) is 0 Å². The molecule has 0 amide bonds. The second kappa shape index (κ2) is 6.61. The number of pyridine rings is 1. The van der Waals surface area contributed by atoms with Gasteiger partial charge in [-0.25, -0.2) is 0 Å². The first kappa shape index (κ1) is 14.8. The van der Waals surface area contributed by atoms with Crippen LogP contribution in [-0.2, 0) is 16.0 Å². The first-order valence-electron chi connectivity index (χ1n) is 5.52. The summed E-state index contributed by atoms with van der Waals surface area (Å²) in [5, 5.41) is 8.60.